The van der Waals surface area contributed by atoms with Crippen LogP contribution < -0.4 is 9.64 Å². The van der Waals surface area contributed by atoms with Crippen LogP contribution >= 0.6 is 11.3 Å². The number of hydrogen-bond acceptors (Lipinski definition) is 9. The zero-order valence-electron chi connectivity index (χ0n) is 18.1. The van der Waals surface area contributed by atoms with Crippen molar-refractivity contribution in [1.82, 2.24) is 25.2 Å². The molecule has 0 radical (unpaired) electrons. The number of thiazole rings is 1. The average molecular weight is 508 g/mol. The van der Waals surface area contributed by atoms with Gasteiger partial charge in [-0.15, -0.1) is 10.2 Å². The van der Waals surface area contributed by atoms with Crippen molar-refractivity contribution in [1.29, 1.82) is 0 Å². The van der Waals surface area contributed by atoms with Crippen molar-refractivity contribution in [2.75, 3.05) is 18.0 Å². The largest absolute Gasteiger partial charge is 0.487 e. The molecule has 3 aliphatic rings. The van der Waals surface area contributed by atoms with E-state index >= 15 is 0 Å². The first-order valence-corrected chi connectivity index (χ1v) is 11.7. The normalized spacial score (nSPS) is 24.6. The smallest absolute Gasteiger partial charge is 0.398 e. The Kier molecular flexibility index (Phi) is 4.68. The molecule has 3 aromatic rings. The summed E-state index contributed by atoms with van der Waals surface area (Å²) in [5, 5.41) is 32.3. The fourth-order valence-corrected chi connectivity index (χ4v) is 6.38. The van der Waals surface area contributed by atoms with Crippen LogP contribution in [-0.2, 0) is 16.9 Å². The number of benzene rings is 1. The number of halogens is 3. The van der Waals surface area contributed by atoms with E-state index in [2.05, 4.69) is 20.4 Å². The Morgan fingerprint density at radius 1 is 1.29 bits per heavy atom. The summed E-state index contributed by atoms with van der Waals surface area (Å²) in [6.07, 6.45) is -2.23. The van der Waals surface area contributed by atoms with Crippen molar-refractivity contribution >= 4 is 22.4 Å². The van der Waals surface area contributed by atoms with Gasteiger partial charge < -0.3 is 19.8 Å². The summed E-state index contributed by atoms with van der Waals surface area (Å²) >= 11 is 1.31. The Morgan fingerprint density at radius 2 is 2.06 bits per heavy atom. The summed E-state index contributed by atoms with van der Waals surface area (Å²) in [5.41, 5.74) is -2.52. The topological polar surface area (TPSA) is 126 Å². The number of aromatic nitrogens is 5. The molecule has 4 heterocycles. The van der Waals surface area contributed by atoms with Crippen molar-refractivity contribution in [3.63, 3.8) is 0 Å². The molecule has 2 unspecified atom stereocenters. The van der Waals surface area contributed by atoms with Crippen LogP contribution in [0.25, 0.3) is 10.7 Å². The molecule has 1 fully saturated rings. The minimum Gasteiger partial charge on any atom is -0.487 e. The molecule has 0 bridgehead atoms. The lowest BCUT2D eigenvalue weighted by molar-refractivity contribution is -0.233. The first-order valence-electron chi connectivity index (χ1n) is 10.9. The maximum Gasteiger partial charge on any atom is 0.398 e. The summed E-state index contributed by atoms with van der Waals surface area (Å²) in [5.74, 6) is -2.40. The lowest BCUT2D eigenvalue weighted by atomic mass is 9.57. The lowest BCUT2D eigenvalue weighted by Gasteiger charge is -2.57. The molecule has 1 spiro atoms. The van der Waals surface area contributed by atoms with Gasteiger partial charge in [-0.2, -0.15) is 18.0 Å². The number of aliphatic carboxylic acids is 1. The molecule has 10 nitrogen and oxygen atoms in total. The highest BCUT2D eigenvalue weighted by Gasteiger charge is 2.68. The van der Waals surface area contributed by atoms with E-state index in [0.717, 1.165) is 4.80 Å². The van der Waals surface area contributed by atoms with Gasteiger partial charge in [-0.3, -0.25) is 4.79 Å². The number of carboxylic acids is 1. The molecule has 6 rings (SSSR count). The van der Waals surface area contributed by atoms with Gasteiger partial charge >= 0.3 is 12.1 Å². The fourth-order valence-electron chi connectivity index (χ4n) is 5.49. The highest BCUT2D eigenvalue weighted by molar-refractivity contribution is 7.18. The Morgan fingerprint density at radius 3 is 2.77 bits per heavy atom. The summed E-state index contributed by atoms with van der Waals surface area (Å²) in [4.78, 5) is 18.8. The Hall–Kier alpha value is -3.26. The van der Waals surface area contributed by atoms with Gasteiger partial charge in [-0.05, 0) is 16.8 Å². The number of carbonyl (C=O) groups is 1. The van der Waals surface area contributed by atoms with Gasteiger partial charge in [0.15, 0.2) is 11.7 Å². The minimum atomic E-state index is -4.54. The van der Waals surface area contributed by atoms with Crippen molar-refractivity contribution < 1.29 is 32.9 Å². The molecule has 2 N–H and O–H groups in total. The number of carboxylic acid groups (broad SMARTS) is 1. The molecule has 1 aromatic carbocycles. The molecule has 35 heavy (non-hydrogen) atoms. The first-order chi connectivity index (χ1) is 16.6. The monoisotopic (exact) mass is 508 g/mol. The second-order valence-corrected chi connectivity index (χ2v) is 10.1. The van der Waals surface area contributed by atoms with Crippen LogP contribution in [0.5, 0.6) is 5.75 Å². The third kappa shape index (κ3) is 3.45. The fraction of sp³-hybridized carbons (Fsp3) is 0.476. The molecule has 1 saturated heterocycles. The van der Waals surface area contributed by atoms with Crippen LogP contribution in [0.4, 0.5) is 18.3 Å². The van der Waals surface area contributed by atoms with Crippen LogP contribution in [0.2, 0.25) is 0 Å². The van der Waals surface area contributed by atoms with Gasteiger partial charge in [0.1, 0.15) is 22.9 Å². The van der Waals surface area contributed by atoms with Gasteiger partial charge in [0.2, 0.25) is 5.82 Å². The van der Waals surface area contributed by atoms with E-state index < -0.39 is 35.8 Å². The van der Waals surface area contributed by atoms with Crippen LogP contribution in [0.15, 0.2) is 24.4 Å². The third-order valence-electron chi connectivity index (χ3n) is 6.91. The van der Waals surface area contributed by atoms with E-state index in [0.29, 0.717) is 41.7 Å². The highest BCUT2D eigenvalue weighted by Crippen LogP contribution is 2.66. The molecule has 1 aliphatic carbocycles. The van der Waals surface area contributed by atoms with Crippen LogP contribution in [0.1, 0.15) is 36.3 Å². The Labute approximate surface area is 200 Å². The van der Waals surface area contributed by atoms with Gasteiger partial charge in [0.05, 0.1) is 11.1 Å². The van der Waals surface area contributed by atoms with Crippen molar-refractivity contribution in [2.24, 2.45) is 0 Å². The van der Waals surface area contributed by atoms with E-state index in [1.165, 1.54) is 17.4 Å². The Bertz CT molecular complexity index is 1320. The standard InChI is InChI=1S/C21H19F3N6O4S/c22-21(23,24)16-11-2-1-3-12-15(11)20(16,33)10-19(34-12)4-6-29(7-5-19)18-25-8-13(35-18)17-26-28-30(27-17)9-14(31)32/h1-3,8,16,33H,4-7,9-10H2,(H,31,32). The first kappa shape index (κ1) is 22.2. The lowest BCUT2D eigenvalue weighted by Crippen LogP contribution is -2.61. The summed E-state index contributed by atoms with van der Waals surface area (Å²) in [7, 11) is 0. The molecule has 2 aromatic heterocycles. The number of tetrazole rings is 1. The molecule has 0 amide bonds. The number of anilines is 1. The second kappa shape index (κ2) is 7.37. The molecular formula is C21H19F3N6O4S. The third-order valence-corrected chi connectivity index (χ3v) is 7.97. The zero-order valence-corrected chi connectivity index (χ0v) is 18.9. The number of alkyl halides is 3. The number of aliphatic hydroxyl groups is 1. The number of piperidine rings is 1. The van der Waals surface area contributed by atoms with Crippen LogP contribution in [-0.4, -0.2) is 66.2 Å². The molecule has 2 aliphatic heterocycles. The quantitative estimate of drug-likeness (QED) is 0.547. The predicted octanol–water partition coefficient (Wildman–Crippen LogP) is 2.55. The van der Waals surface area contributed by atoms with Crippen molar-refractivity contribution in [3.05, 3.63) is 35.5 Å². The number of hydrogen-bond donors (Lipinski definition) is 2. The van der Waals surface area contributed by atoms with Gasteiger partial charge in [0.25, 0.3) is 0 Å². The SMILES string of the molecule is O=C(O)Cn1nnc(-c2cnc(N3CCC4(CC3)CC3(O)c5c(cccc5C3C(F)(F)F)O4)s2)n1. The maximum atomic E-state index is 13.8. The van der Waals surface area contributed by atoms with E-state index in [4.69, 9.17) is 9.84 Å². The molecule has 184 valence electrons. The summed E-state index contributed by atoms with van der Waals surface area (Å²) in [6.45, 7) is 0.556. The van der Waals surface area contributed by atoms with Gasteiger partial charge in [-0.25, -0.2) is 4.98 Å². The summed E-state index contributed by atoms with van der Waals surface area (Å²) < 4.78 is 47.6. The van der Waals surface area contributed by atoms with E-state index in [1.54, 1.807) is 18.3 Å². The molecular weight excluding hydrogens is 489 g/mol. The number of rotatable bonds is 4. The molecule has 0 saturated carbocycles. The molecule has 14 heteroatoms. The van der Waals surface area contributed by atoms with Crippen LogP contribution in [0, 0.1) is 0 Å². The number of ether oxygens (including phenoxy) is 1. The van der Waals surface area contributed by atoms with Crippen molar-refractivity contribution in [2.45, 2.75) is 49.1 Å². The number of nitrogens with zero attached hydrogens (tertiary/aromatic N) is 6. The summed E-state index contributed by atoms with van der Waals surface area (Å²) in [6, 6.07) is 4.57. The average Bonchev–Trinajstić information content (AvgIpc) is 3.41. The zero-order chi connectivity index (χ0) is 24.6. The Balaban J connectivity index is 1.19. The predicted molar refractivity (Wildman–Crippen MR) is 115 cm³/mol. The second-order valence-electron chi connectivity index (χ2n) is 9.11. The van der Waals surface area contributed by atoms with E-state index in [9.17, 15) is 23.1 Å². The van der Waals surface area contributed by atoms with E-state index in [1.807, 2.05) is 4.90 Å². The minimum absolute atomic E-state index is 0.0917. The maximum absolute atomic E-state index is 13.8. The van der Waals surface area contributed by atoms with Gasteiger partial charge in [-0.1, -0.05) is 23.5 Å². The molecule has 2 atom stereocenters. The van der Waals surface area contributed by atoms with E-state index in [-0.39, 0.29) is 23.4 Å². The van der Waals surface area contributed by atoms with Crippen LogP contribution in [0.3, 0.4) is 0 Å². The highest BCUT2D eigenvalue weighted by atomic mass is 32.1. The van der Waals surface area contributed by atoms with Gasteiger partial charge in [0, 0.05) is 37.9 Å². The van der Waals surface area contributed by atoms with Crippen molar-refractivity contribution in [3.8, 4) is 16.5 Å².